The molecule has 1 aromatic rings. The summed E-state index contributed by atoms with van der Waals surface area (Å²) in [6, 6.07) is 7.09. The van der Waals surface area contributed by atoms with Gasteiger partial charge in [0.1, 0.15) is 12.1 Å². The van der Waals surface area contributed by atoms with Crippen LogP contribution in [0.3, 0.4) is 0 Å². The number of carbonyl (C=O) groups excluding carboxylic acids is 3. The molecule has 0 bridgehead atoms. The average molecular weight is 373 g/mol. The van der Waals surface area contributed by atoms with Gasteiger partial charge in [-0.3, -0.25) is 14.5 Å². The summed E-state index contributed by atoms with van der Waals surface area (Å²) in [5.74, 6) is -0.356. The minimum Gasteiger partial charge on any atom is -0.325 e. The van der Waals surface area contributed by atoms with Crippen molar-refractivity contribution >= 4 is 23.5 Å². The fourth-order valence-electron chi connectivity index (χ4n) is 3.29. The van der Waals surface area contributed by atoms with Gasteiger partial charge in [-0.15, -0.1) is 0 Å². The van der Waals surface area contributed by atoms with Gasteiger partial charge in [0.05, 0.1) is 0 Å². The highest BCUT2D eigenvalue weighted by Crippen LogP contribution is 2.24. The second-order valence-corrected chi connectivity index (χ2v) is 7.79. The third-order valence-corrected chi connectivity index (χ3v) is 5.01. The maximum atomic E-state index is 12.7. The number of anilines is 1. The van der Waals surface area contributed by atoms with E-state index in [2.05, 4.69) is 31.4 Å². The molecule has 1 aliphatic rings. The lowest BCUT2D eigenvalue weighted by molar-refractivity contribution is -0.133. The predicted molar refractivity (Wildman–Crippen MR) is 107 cm³/mol. The Morgan fingerprint density at radius 1 is 1.22 bits per heavy atom. The molecule has 1 fully saturated rings. The van der Waals surface area contributed by atoms with E-state index in [9.17, 15) is 14.4 Å². The molecule has 1 heterocycles. The van der Waals surface area contributed by atoms with Gasteiger partial charge in [0.15, 0.2) is 0 Å². The van der Waals surface area contributed by atoms with Crippen LogP contribution in [-0.4, -0.2) is 34.8 Å². The Morgan fingerprint density at radius 3 is 2.63 bits per heavy atom. The van der Waals surface area contributed by atoms with Gasteiger partial charge in [-0.1, -0.05) is 58.6 Å². The zero-order valence-electron chi connectivity index (χ0n) is 16.8. The van der Waals surface area contributed by atoms with E-state index >= 15 is 0 Å². The maximum absolute atomic E-state index is 12.7. The number of imide groups is 1. The molecule has 27 heavy (non-hydrogen) atoms. The average Bonchev–Trinajstić information content (AvgIpc) is 2.82. The highest BCUT2D eigenvalue weighted by Gasteiger charge is 2.47. The van der Waals surface area contributed by atoms with E-state index in [4.69, 9.17) is 0 Å². The summed E-state index contributed by atoms with van der Waals surface area (Å²) in [6.45, 7) is 7.75. The highest BCUT2D eigenvalue weighted by molar-refractivity contribution is 6.09. The van der Waals surface area contributed by atoms with E-state index in [-0.39, 0.29) is 18.4 Å². The number of carbonyl (C=O) groups is 3. The normalized spacial score (nSPS) is 19.5. The van der Waals surface area contributed by atoms with E-state index in [0.717, 1.165) is 36.1 Å². The monoisotopic (exact) mass is 373 g/mol. The van der Waals surface area contributed by atoms with Crippen molar-refractivity contribution in [3.8, 4) is 0 Å². The first-order chi connectivity index (χ1) is 12.8. The Morgan fingerprint density at radius 2 is 1.96 bits per heavy atom. The van der Waals surface area contributed by atoms with Gasteiger partial charge in [0.2, 0.25) is 5.91 Å². The number of unbranched alkanes of at least 4 members (excludes halogenated alkanes) is 3. The summed E-state index contributed by atoms with van der Waals surface area (Å²) in [5.41, 5.74) is 0.867. The van der Waals surface area contributed by atoms with Crippen LogP contribution in [0.25, 0.3) is 0 Å². The molecule has 0 radical (unpaired) electrons. The molecule has 6 heteroatoms. The Kier molecular flexibility index (Phi) is 6.99. The number of rotatable bonds is 9. The Labute approximate surface area is 161 Å². The number of urea groups is 1. The predicted octanol–water partition coefficient (Wildman–Crippen LogP) is 4.03. The number of hydrogen-bond acceptors (Lipinski definition) is 3. The minimum absolute atomic E-state index is 0.277. The van der Waals surface area contributed by atoms with Crippen molar-refractivity contribution in [2.45, 2.75) is 71.3 Å². The lowest BCUT2D eigenvalue weighted by Crippen LogP contribution is -2.44. The van der Waals surface area contributed by atoms with Crippen molar-refractivity contribution in [3.63, 3.8) is 0 Å². The summed E-state index contributed by atoms with van der Waals surface area (Å²) in [5, 5.41) is 5.54. The standard InChI is InChI=1S/C21H31N3O3/c1-5-6-7-8-12-21(4)19(26)24(20(27)23-21)14-18(25)22-17-11-9-10-16(13-17)15(2)3/h9-11,13,15H,5-8,12,14H2,1-4H3,(H,22,25)(H,23,27). The van der Waals surface area contributed by atoms with E-state index in [0.29, 0.717) is 18.0 Å². The number of nitrogens with one attached hydrogen (secondary N) is 2. The first kappa shape index (κ1) is 20.9. The van der Waals surface area contributed by atoms with Crippen molar-refractivity contribution in [2.24, 2.45) is 0 Å². The van der Waals surface area contributed by atoms with Gasteiger partial charge in [-0.05, 0) is 37.0 Å². The first-order valence-electron chi connectivity index (χ1n) is 9.80. The van der Waals surface area contributed by atoms with Crippen molar-refractivity contribution in [1.29, 1.82) is 0 Å². The van der Waals surface area contributed by atoms with Gasteiger partial charge in [0, 0.05) is 5.69 Å². The fourth-order valence-corrected chi connectivity index (χ4v) is 3.29. The lowest BCUT2D eigenvalue weighted by atomic mass is 9.94. The van der Waals surface area contributed by atoms with Crippen LogP contribution >= 0.6 is 0 Å². The maximum Gasteiger partial charge on any atom is 0.325 e. The molecule has 2 N–H and O–H groups in total. The quantitative estimate of drug-likeness (QED) is 0.507. The molecule has 1 atom stereocenters. The van der Waals surface area contributed by atoms with E-state index in [1.165, 1.54) is 0 Å². The van der Waals surface area contributed by atoms with Crippen LogP contribution in [0.15, 0.2) is 24.3 Å². The number of nitrogens with zero attached hydrogens (tertiary/aromatic N) is 1. The second-order valence-electron chi connectivity index (χ2n) is 7.79. The van der Waals surface area contributed by atoms with Crippen LogP contribution in [0.2, 0.25) is 0 Å². The molecule has 1 unspecified atom stereocenters. The molecular weight excluding hydrogens is 342 g/mol. The molecule has 0 saturated carbocycles. The molecule has 0 aliphatic carbocycles. The van der Waals surface area contributed by atoms with Gasteiger partial charge in [-0.2, -0.15) is 0 Å². The van der Waals surface area contributed by atoms with Gasteiger partial charge in [-0.25, -0.2) is 4.79 Å². The van der Waals surface area contributed by atoms with Crippen LogP contribution in [0.5, 0.6) is 0 Å². The van der Waals surface area contributed by atoms with Gasteiger partial charge < -0.3 is 10.6 Å². The Bertz CT molecular complexity index is 702. The van der Waals surface area contributed by atoms with Crippen molar-refractivity contribution in [2.75, 3.05) is 11.9 Å². The largest absolute Gasteiger partial charge is 0.325 e. The zero-order chi connectivity index (χ0) is 20.0. The summed E-state index contributed by atoms with van der Waals surface area (Å²) >= 11 is 0. The molecule has 2 rings (SSSR count). The van der Waals surface area contributed by atoms with E-state index < -0.39 is 11.6 Å². The van der Waals surface area contributed by atoms with Gasteiger partial charge in [0.25, 0.3) is 5.91 Å². The molecular formula is C21H31N3O3. The van der Waals surface area contributed by atoms with Crippen molar-refractivity contribution < 1.29 is 14.4 Å². The molecule has 148 valence electrons. The van der Waals surface area contributed by atoms with Crippen LogP contribution in [0, 0.1) is 0 Å². The fraction of sp³-hybridized carbons (Fsp3) is 0.571. The van der Waals surface area contributed by atoms with Crippen molar-refractivity contribution in [3.05, 3.63) is 29.8 Å². The van der Waals surface area contributed by atoms with Crippen LogP contribution in [-0.2, 0) is 9.59 Å². The molecule has 0 aromatic heterocycles. The zero-order valence-corrected chi connectivity index (χ0v) is 16.8. The summed E-state index contributed by atoms with van der Waals surface area (Å²) in [6.07, 6.45) is 4.72. The SMILES string of the molecule is CCCCCCC1(C)NC(=O)N(CC(=O)Nc2cccc(C(C)C)c2)C1=O. The Hall–Kier alpha value is -2.37. The number of benzene rings is 1. The third-order valence-electron chi connectivity index (χ3n) is 5.01. The summed E-state index contributed by atoms with van der Waals surface area (Å²) in [4.78, 5) is 38.3. The second kappa shape index (κ2) is 9.02. The molecule has 1 aliphatic heterocycles. The molecule has 1 aromatic carbocycles. The van der Waals surface area contributed by atoms with Crippen LogP contribution in [0.1, 0.15) is 71.3 Å². The van der Waals surface area contributed by atoms with Gasteiger partial charge >= 0.3 is 6.03 Å². The Balaban J connectivity index is 1.96. The molecule has 4 amide bonds. The summed E-state index contributed by atoms with van der Waals surface area (Å²) in [7, 11) is 0. The minimum atomic E-state index is -0.914. The first-order valence-corrected chi connectivity index (χ1v) is 9.80. The van der Waals surface area contributed by atoms with Crippen LogP contribution in [0.4, 0.5) is 10.5 Å². The number of amides is 4. The molecule has 1 saturated heterocycles. The number of hydrogen-bond donors (Lipinski definition) is 2. The van der Waals surface area contributed by atoms with E-state index in [1.54, 1.807) is 13.0 Å². The summed E-state index contributed by atoms with van der Waals surface area (Å²) < 4.78 is 0. The van der Waals surface area contributed by atoms with Crippen molar-refractivity contribution in [1.82, 2.24) is 10.2 Å². The highest BCUT2D eigenvalue weighted by atomic mass is 16.2. The topological polar surface area (TPSA) is 78.5 Å². The molecule has 6 nitrogen and oxygen atoms in total. The smallest absolute Gasteiger partial charge is 0.325 e. The molecule has 0 spiro atoms. The van der Waals surface area contributed by atoms with E-state index in [1.807, 2.05) is 18.2 Å². The van der Waals surface area contributed by atoms with Crippen LogP contribution < -0.4 is 10.6 Å². The lowest BCUT2D eigenvalue weighted by Gasteiger charge is -2.21. The third kappa shape index (κ3) is 5.31.